The molecule has 1 aliphatic rings. The maximum Gasteiger partial charge on any atom is 0.389 e. The predicted octanol–water partition coefficient (Wildman–Crippen LogP) is 2.81. The van der Waals surface area contributed by atoms with E-state index < -0.39 is 24.4 Å². The number of ketones is 1. The summed E-state index contributed by atoms with van der Waals surface area (Å²) in [5.74, 6) is -0.299. The van der Waals surface area contributed by atoms with Crippen molar-refractivity contribution < 1.29 is 18.0 Å². The van der Waals surface area contributed by atoms with Crippen molar-refractivity contribution in [2.45, 2.75) is 51.1 Å². The van der Waals surface area contributed by atoms with E-state index in [0.29, 0.717) is 12.8 Å². The summed E-state index contributed by atoms with van der Waals surface area (Å²) in [6.07, 6.45) is -1.53. The van der Waals surface area contributed by atoms with Gasteiger partial charge in [-0.1, -0.05) is 19.3 Å². The summed E-state index contributed by atoms with van der Waals surface area (Å²) in [5.41, 5.74) is 4.91. The largest absolute Gasteiger partial charge is 0.389 e. The van der Waals surface area contributed by atoms with Crippen LogP contribution in [0.2, 0.25) is 0 Å². The molecule has 0 aromatic heterocycles. The highest BCUT2D eigenvalue weighted by Gasteiger charge is 2.39. The van der Waals surface area contributed by atoms with E-state index in [1.54, 1.807) is 0 Å². The molecule has 94 valence electrons. The Balaban J connectivity index is 2.55. The van der Waals surface area contributed by atoms with Crippen LogP contribution in [0.4, 0.5) is 13.2 Å². The van der Waals surface area contributed by atoms with Gasteiger partial charge in [0.05, 0.1) is 6.42 Å². The highest BCUT2D eigenvalue weighted by atomic mass is 19.4. The van der Waals surface area contributed by atoms with Crippen LogP contribution in [0, 0.1) is 5.41 Å². The Kier molecular flexibility index (Phi) is 4.35. The Bertz CT molecular complexity index is 244. The van der Waals surface area contributed by atoms with Crippen molar-refractivity contribution in [3.63, 3.8) is 0 Å². The summed E-state index contributed by atoms with van der Waals surface area (Å²) >= 11 is 0. The normalized spacial score (nSPS) is 20.8. The van der Waals surface area contributed by atoms with E-state index in [0.717, 1.165) is 19.3 Å². The SMILES string of the molecule is NCC1(C(=O)CCC(F)(F)F)CCCCC1. The minimum atomic E-state index is -4.25. The van der Waals surface area contributed by atoms with Crippen molar-refractivity contribution >= 4 is 5.78 Å². The Morgan fingerprint density at radius 2 is 1.75 bits per heavy atom. The molecule has 0 amide bonds. The van der Waals surface area contributed by atoms with Gasteiger partial charge in [0.25, 0.3) is 0 Å². The number of carbonyl (C=O) groups is 1. The van der Waals surface area contributed by atoms with Crippen LogP contribution in [0.25, 0.3) is 0 Å². The molecule has 0 heterocycles. The molecule has 1 saturated carbocycles. The average Bonchev–Trinajstić information content (AvgIpc) is 2.25. The zero-order valence-corrected chi connectivity index (χ0v) is 9.28. The van der Waals surface area contributed by atoms with Crippen molar-refractivity contribution in [3.05, 3.63) is 0 Å². The van der Waals surface area contributed by atoms with Crippen molar-refractivity contribution in [2.75, 3.05) is 6.54 Å². The molecule has 0 unspecified atom stereocenters. The molecule has 2 N–H and O–H groups in total. The van der Waals surface area contributed by atoms with Gasteiger partial charge in [-0.05, 0) is 12.8 Å². The topological polar surface area (TPSA) is 43.1 Å². The summed E-state index contributed by atoms with van der Waals surface area (Å²) < 4.78 is 36.1. The lowest BCUT2D eigenvalue weighted by molar-refractivity contribution is -0.148. The number of alkyl halides is 3. The summed E-state index contributed by atoms with van der Waals surface area (Å²) in [6, 6.07) is 0. The number of hydrogen-bond acceptors (Lipinski definition) is 2. The predicted molar refractivity (Wildman–Crippen MR) is 54.9 cm³/mol. The van der Waals surface area contributed by atoms with Crippen LogP contribution in [-0.2, 0) is 4.79 Å². The molecule has 0 atom stereocenters. The van der Waals surface area contributed by atoms with Gasteiger partial charge < -0.3 is 5.73 Å². The second kappa shape index (κ2) is 5.17. The van der Waals surface area contributed by atoms with Gasteiger partial charge in [0.1, 0.15) is 5.78 Å². The van der Waals surface area contributed by atoms with Crippen molar-refractivity contribution in [3.8, 4) is 0 Å². The van der Waals surface area contributed by atoms with Crippen LogP contribution in [0.1, 0.15) is 44.9 Å². The first-order chi connectivity index (χ1) is 7.40. The first-order valence-electron chi connectivity index (χ1n) is 5.70. The molecule has 1 aliphatic carbocycles. The molecule has 5 heteroatoms. The van der Waals surface area contributed by atoms with E-state index in [-0.39, 0.29) is 12.3 Å². The standard InChI is InChI=1S/C11H18F3NO/c12-11(13,14)7-4-9(16)10(8-15)5-2-1-3-6-10/h1-8,15H2. The third-order valence-electron chi connectivity index (χ3n) is 3.43. The molecule has 1 fully saturated rings. The van der Waals surface area contributed by atoms with Crippen LogP contribution < -0.4 is 5.73 Å². The van der Waals surface area contributed by atoms with Gasteiger partial charge in [0.15, 0.2) is 0 Å². The number of Topliss-reactive ketones (excluding diaryl/α,β-unsaturated/α-hetero) is 1. The molecule has 0 aliphatic heterocycles. The lowest BCUT2D eigenvalue weighted by Crippen LogP contribution is -2.40. The number of nitrogens with two attached hydrogens (primary N) is 1. The van der Waals surface area contributed by atoms with E-state index in [4.69, 9.17) is 5.73 Å². The van der Waals surface area contributed by atoms with Crippen LogP contribution in [0.5, 0.6) is 0 Å². The molecule has 2 nitrogen and oxygen atoms in total. The van der Waals surface area contributed by atoms with Crippen molar-refractivity contribution in [2.24, 2.45) is 11.1 Å². The quantitative estimate of drug-likeness (QED) is 0.817. The maximum absolute atomic E-state index is 12.0. The lowest BCUT2D eigenvalue weighted by atomic mass is 9.70. The van der Waals surface area contributed by atoms with Gasteiger partial charge >= 0.3 is 6.18 Å². The second-order valence-corrected chi connectivity index (χ2v) is 4.58. The van der Waals surface area contributed by atoms with Gasteiger partial charge in [0.2, 0.25) is 0 Å². The third-order valence-corrected chi connectivity index (χ3v) is 3.43. The molecule has 0 saturated heterocycles. The Labute approximate surface area is 93.4 Å². The van der Waals surface area contributed by atoms with Crippen LogP contribution >= 0.6 is 0 Å². The first kappa shape index (κ1) is 13.5. The van der Waals surface area contributed by atoms with Gasteiger partial charge in [-0.15, -0.1) is 0 Å². The van der Waals surface area contributed by atoms with Gasteiger partial charge in [-0.2, -0.15) is 13.2 Å². The minimum Gasteiger partial charge on any atom is -0.329 e. The molecule has 0 aromatic rings. The summed E-state index contributed by atoms with van der Waals surface area (Å²) in [4.78, 5) is 11.8. The fourth-order valence-electron chi connectivity index (χ4n) is 2.35. The zero-order chi connectivity index (χ0) is 12.2. The molecule has 0 bridgehead atoms. The lowest BCUT2D eigenvalue weighted by Gasteiger charge is -2.34. The summed E-state index contributed by atoms with van der Waals surface area (Å²) in [6.45, 7) is 0.184. The fourth-order valence-corrected chi connectivity index (χ4v) is 2.35. The van der Waals surface area contributed by atoms with Crippen LogP contribution in [-0.4, -0.2) is 18.5 Å². The summed E-state index contributed by atoms with van der Waals surface area (Å²) in [7, 11) is 0. The Morgan fingerprint density at radius 1 is 1.19 bits per heavy atom. The molecular formula is C11H18F3NO. The maximum atomic E-state index is 12.0. The minimum absolute atomic E-state index is 0.184. The summed E-state index contributed by atoms with van der Waals surface area (Å²) in [5, 5.41) is 0. The second-order valence-electron chi connectivity index (χ2n) is 4.58. The van der Waals surface area contributed by atoms with Gasteiger partial charge in [-0.3, -0.25) is 4.79 Å². The van der Waals surface area contributed by atoms with Crippen molar-refractivity contribution in [1.82, 2.24) is 0 Å². The number of carbonyl (C=O) groups excluding carboxylic acids is 1. The van der Waals surface area contributed by atoms with Gasteiger partial charge in [0, 0.05) is 18.4 Å². The van der Waals surface area contributed by atoms with Crippen molar-refractivity contribution in [1.29, 1.82) is 0 Å². The smallest absolute Gasteiger partial charge is 0.329 e. The van der Waals surface area contributed by atoms with Crippen LogP contribution in [0.15, 0.2) is 0 Å². The molecule has 0 spiro atoms. The fraction of sp³-hybridized carbons (Fsp3) is 0.909. The van der Waals surface area contributed by atoms with E-state index in [9.17, 15) is 18.0 Å². The van der Waals surface area contributed by atoms with Crippen LogP contribution in [0.3, 0.4) is 0 Å². The van der Waals surface area contributed by atoms with E-state index in [2.05, 4.69) is 0 Å². The average molecular weight is 237 g/mol. The van der Waals surface area contributed by atoms with E-state index in [1.807, 2.05) is 0 Å². The number of hydrogen-bond donors (Lipinski definition) is 1. The molecular weight excluding hydrogens is 219 g/mol. The first-order valence-corrected chi connectivity index (χ1v) is 5.70. The molecule has 0 radical (unpaired) electrons. The highest BCUT2D eigenvalue weighted by Crippen LogP contribution is 2.38. The Morgan fingerprint density at radius 3 is 2.19 bits per heavy atom. The monoisotopic (exact) mass is 237 g/mol. The van der Waals surface area contributed by atoms with E-state index >= 15 is 0 Å². The van der Waals surface area contributed by atoms with Gasteiger partial charge in [-0.25, -0.2) is 0 Å². The zero-order valence-electron chi connectivity index (χ0n) is 9.28. The molecule has 16 heavy (non-hydrogen) atoms. The molecule has 0 aromatic carbocycles. The highest BCUT2D eigenvalue weighted by molar-refractivity contribution is 5.85. The number of rotatable bonds is 4. The molecule has 1 rings (SSSR count). The number of halogens is 3. The van der Waals surface area contributed by atoms with E-state index in [1.165, 1.54) is 0 Å². The third kappa shape index (κ3) is 3.47. The Hall–Kier alpha value is -0.580.